The van der Waals surface area contributed by atoms with Gasteiger partial charge in [-0.25, -0.2) is 4.39 Å². The van der Waals surface area contributed by atoms with Crippen LogP contribution in [0, 0.1) is 12.7 Å². The van der Waals surface area contributed by atoms with E-state index in [1.165, 1.54) is 12.1 Å². The third-order valence-corrected chi connectivity index (χ3v) is 5.06. The standard InChI is InChI=1S/C22H22FNO3/c1-15-19-6-2-3-7-20(19)27-21(15)22(25)24(14-18-5-4-12-26-18)13-16-8-10-17(23)11-9-16/h2-3,6-11,18H,4-5,12-14H2,1H3/t18-/m0/s1. The fourth-order valence-electron chi connectivity index (χ4n) is 3.59. The monoisotopic (exact) mass is 367 g/mol. The molecule has 0 radical (unpaired) electrons. The van der Waals surface area contributed by atoms with Crippen molar-refractivity contribution in [3.63, 3.8) is 0 Å². The van der Waals surface area contributed by atoms with Gasteiger partial charge in [-0.05, 0) is 43.5 Å². The van der Waals surface area contributed by atoms with Crippen LogP contribution in [0.25, 0.3) is 11.0 Å². The van der Waals surface area contributed by atoms with E-state index in [0.29, 0.717) is 24.4 Å². The molecule has 0 saturated carbocycles. The van der Waals surface area contributed by atoms with Gasteiger partial charge in [-0.3, -0.25) is 4.79 Å². The summed E-state index contributed by atoms with van der Waals surface area (Å²) in [5, 5.41) is 0.944. The van der Waals surface area contributed by atoms with Crippen LogP contribution in [-0.2, 0) is 11.3 Å². The van der Waals surface area contributed by atoms with Crippen molar-refractivity contribution in [1.29, 1.82) is 0 Å². The second-order valence-corrected chi connectivity index (χ2v) is 7.00. The number of para-hydroxylation sites is 1. The molecule has 0 spiro atoms. The molecule has 1 amide bonds. The molecule has 0 aliphatic carbocycles. The number of aryl methyl sites for hydroxylation is 1. The van der Waals surface area contributed by atoms with Gasteiger partial charge < -0.3 is 14.1 Å². The van der Waals surface area contributed by atoms with Crippen LogP contribution in [-0.4, -0.2) is 30.1 Å². The lowest BCUT2D eigenvalue weighted by molar-refractivity contribution is 0.0485. The van der Waals surface area contributed by atoms with E-state index in [-0.39, 0.29) is 17.8 Å². The zero-order valence-corrected chi connectivity index (χ0v) is 15.3. The van der Waals surface area contributed by atoms with Gasteiger partial charge in [0.2, 0.25) is 0 Å². The Bertz CT molecular complexity index is 942. The first kappa shape index (κ1) is 17.7. The maximum absolute atomic E-state index is 13.3. The fourth-order valence-corrected chi connectivity index (χ4v) is 3.59. The number of hydrogen-bond donors (Lipinski definition) is 0. The lowest BCUT2D eigenvalue weighted by atomic mass is 10.1. The molecule has 2 heterocycles. The second-order valence-electron chi connectivity index (χ2n) is 7.00. The predicted octanol–water partition coefficient (Wildman–Crippen LogP) is 4.70. The topological polar surface area (TPSA) is 42.7 Å². The van der Waals surface area contributed by atoms with Gasteiger partial charge >= 0.3 is 0 Å². The van der Waals surface area contributed by atoms with Gasteiger partial charge in [0.25, 0.3) is 5.91 Å². The van der Waals surface area contributed by atoms with Crippen molar-refractivity contribution in [1.82, 2.24) is 4.90 Å². The van der Waals surface area contributed by atoms with Gasteiger partial charge in [0.1, 0.15) is 11.4 Å². The Morgan fingerprint density at radius 3 is 2.67 bits per heavy atom. The second kappa shape index (κ2) is 7.53. The largest absolute Gasteiger partial charge is 0.451 e. The van der Waals surface area contributed by atoms with Crippen molar-refractivity contribution in [2.75, 3.05) is 13.2 Å². The Kier molecular flexibility index (Phi) is 4.94. The summed E-state index contributed by atoms with van der Waals surface area (Å²) in [6.07, 6.45) is 1.97. The van der Waals surface area contributed by atoms with Gasteiger partial charge in [0.15, 0.2) is 5.76 Å². The smallest absolute Gasteiger partial charge is 0.290 e. The molecule has 0 unspecified atom stereocenters. The number of benzene rings is 2. The van der Waals surface area contributed by atoms with Crippen LogP contribution in [0.2, 0.25) is 0 Å². The average Bonchev–Trinajstić information content (AvgIpc) is 3.31. The molecular formula is C22H22FNO3. The van der Waals surface area contributed by atoms with Gasteiger partial charge in [0, 0.05) is 30.6 Å². The third-order valence-electron chi connectivity index (χ3n) is 5.06. The fraction of sp³-hybridized carbons (Fsp3) is 0.318. The highest BCUT2D eigenvalue weighted by Gasteiger charge is 2.27. The average molecular weight is 367 g/mol. The van der Waals surface area contributed by atoms with Crippen LogP contribution >= 0.6 is 0 Å². The zero-order chi connectivity index (χ0) is 18.8. The molecule has 140 valence electrons. The minimum atomic E-state index is -0.288. The van der Waals surface area contributed by atoms with Crippen LogP contribution in [0.4, 0.5) is 4.39 Å². The molecule has 2 aromatic carbocycles. The summed E-state index contributed by atoms with van der Waals surface area (Å²) in [5.74, 6) is -0.0938. The summed E-state index contributed by atoms with van der Waals surface area (Å²) in [5.41, 5.74) is 2.42. The van der Waals surface area contributed by atoms with Crippen LogP contribution in [0.1, 0.15) is 34.5 Å². The van der Waals surface area contributed by atoms with Crippen molar-refractivity contribution < 1.29 is 18.3 Å². The lowest BCUT2D eigenvalue weighted by Gasteiger charge is -2.25. The molecule has 0 N–H and O–H groups in total. The maximum Gasteiger partial charge on any atom is 0.290 e. The van der Waals surface area contributed by atoms with Crippen LogP contribution < -0.4 is 0 Å². The number of furan rings is 1. The van der Waals surface area contributed by atoms with E-state index in [2.05, 4.69) is 0 Å². The SMILES string of the molecule is Cc1c(C(=O)N(Cc2ccc(F)cc2)C[C@@H]2CCCO2)oc2ccccc12. The predicted molar refractivity (Wildman–Crippen MR) is 101 cm³/mol. The first-order valence-corrected chi connectivity index (χ1v) is 9.25. The Labute approximate surface area is 157 Å². The number of ether oxygens (including phenoxy) is 1. The Hall–Kier alpha value is -2.66. The van der Waals surface area contributed by atoms with E-state index >= 15 is 0 Å². The van der Waals surface area contributed by atoms with Crippen molar-refractivity contribution in [3.8, 4) is 0 Å². The summed E-state index contributed by atoms with van der Waals surface area (Å²) in [6, 6.07) is 13.9. The molecule has 1 atom stereocenters. The van der Waals surface area contributed by atoms with E-state index in [0.717, 1.165) is 36.0 Å². The van der Waals surface area contributed by atoms with Crippen molar-refractivity contribution in [3.05, 3.63) is 71.2 Å². The van der Waals surface area contributed by atoms with Crippen LogP contribution in [0.5, 0.6) is 0 Å². The van der Waals surface area contributed by atoms with Crippen molar-refractivity contribution in [2.24, 2.45) is 0 Å². The summed E-state index contributed by atoms with van der Waals surface area (Å²) < 4.78 is 24.8. The molecule has 1 saturated heterocycles. The van der Waals surface area contributed by atoms with Gasteiger partial charge in [0.05, 0.1) is 6.10 Å². The minimum absolute atomic E-state index is 0.0269. The number of nitrogens with zero attached hydrogens (tertiary/aromatic N) is 1. The molecular weight excluding hydrogens is 345 g/mol. The van der Waals surface area contributed by atoms with E-state index in [1.807, 2.05) is 31.2 Å². The number of hydrogen-bond acceptors (Lipinski definition) is 3. The number of fused-ring (bicyclic) bond motifs is 1. The molecule has 1 aliphatic rings. The minimum Gasteiger partial charge on any atom is -0.451 e. The summed E-state index contributed by atoms with van der Waals surface area (Å²) in [4.78, 5) is 15.0. The van der Waals surface area contributed by atoms with Crippen molar-refractivity contribution in [2.45, 2.75) is 32.4 Å². The number of rotatable bonds is 5. The van der Waals surface area contributed by atoms with Crippen molar-refractivity contribution >= 4 is 16.9 Å². The highest BCUT2D eigenvalue weighted by molar-refractivity contribution is 5.98. The molecule has 1 fully saturated rings. The first-order chi connectivity index (χ1) is 13.1. The lowest BCUT2D eigenvalue weighted by Crippen LogP contribution is -2.37. The summed E-state index contributed by atoms with van der Waals surface area (Å²) in [7, 11) is 0. The molecule has 27 heavy (non-hydrogen) atoms. The van der Waals surface area contributed by atoms with Crippen LogP contribution in [0.15, 0.2) is 52.9 Å². The number of halogens is 1. The number of amides is 1. The molecule has 1 aromatic heterocycles. The third kappa shape index (κ3) is 3.74. The summed E-state index contributed by atoms with van der Waals surface area (Å²) in [6.45, 7) is 3.51. The normalized spacial score (nSPS) is 16.7. The summed E-state index contributed by atoms with van der Waals surface area (Å²) >= 11 is 0. The van der Waals surface area contributed by atoms with Gasteiger partial charge in [-0.1, -0.05) is 30.3 Å². The molecule has 4 nitrogen and oxygen atoms in total. The Morgan fingerprint density at radius 1 is 1.19 bits per heavy atom. The van der Waals surface area contributed by atoms with E-state index in [9.17, 15) is 9.18 Å². The number of carbonyl (C=O) groups excluding carboxylic acids is 1. The first-order valence-electron chi connectivity index (χ1n) is 9.25. The number of carbonyl (C=O) groups is 1. The molecule has 0 bridgehead atoms. The van der Waals surface area contributed by atoms with Gasteiger partial charge in [-0.15, -0.1) is 0 Å². The van der Waals surface area contributed by atoms with E-state index < -0.39 is 0 Å². The highest BCUT2D eigenvalue weighted by atomic mass is 19.1. The molecule has 5 heteroatoms. The van der Waals surface area contributed by atoms with E-state index in [1.54, 1.807) is 17.0 Å². The van der Waals surface area contributed by atoms with E-state index in [4.69, 9.17) is 9.15 Å². The molecule has 3 aromatic rings. The highest BCUT2D eigenvalue weighted by Crippen LogP contribution is 2.27. The van der Waals surface area contributed by atoms with Crippen LogP contribution in [0.3, 0.4) is 0 Å². The van der Waals surface area contributed by atoms with Gasteiger partial charge in [-0.2, -0.15) is 0 Å². The quantitative estimate of drug-likeness (QED) is 0.656. The Morgan fingerprint density at radius 2 is 1.96 bits per heavy atom. The Balaban J connectivity index is 1.64. The molecule has 4 rings (SSSR count). The molecule has 1 aliphatic heterocycles. The maximum atomic E-state index is 13.3. The zero-order valence-electron chi connectivity index (χ0n) is 15.3.